The van der Waals surface area contributed by atoms with Gasteiger partial charge in [-0.2, -0.15) is 5.26 Å². The quantitative estimate of drug-likeness (QED) is 0.793. The van der Waals surface area contributed by atoms with Crippen LogP contribution >= 0.6 is 0 Å². The molecule has 1 aromatic carbocycles. The first-order chi connectivity index (χ1) is 8.19. The summed E-state index contributed by atoms with van der Waals surface area (Å²) in [6, 6.07) is 8.76. The summed E-state index contributed by atoms with van der Waals surface area (Å²) in [5.74, 6) is 2.41. The molecule has 1 N–H and O–H groups in total. The van der Waals surface area contributed by atoms with Crippen LogP contribution in [0.25, 0.3) is 0 Å². The lowest BCUT2D eigenvalue weighted by Gasteiger charge is -2.10. The van der Waals surface area contributed by atoms with Crippen LogP contribution in [0.1, 0.15) is 24.5 Å². The fraction of sp³-hybridized carbons (Fsp3) is 0.286. The molecule has 1 rings (SSSR count). The zero-order valence-electron chi connectivity index (χ0n) is 9.73. The molecule has 0 aromatic heterocycles. The zero-order valence-corrected chi connectivity index (χ0v) is 9.73. The van der Waals surface area contributed by atoms with Gasteiger partial charge in [0.2, 0.25) is 5.91 Å². The van der Waals surface area contributed by atoms with Crippen molar-refractivity contribution in [2.45, 2.75) is 25.8 Å². The Morgan fingerprint density at radius 3 is 2.59 bits per heavy atom. The first kappa shape index (κ1) is 12.8. The average Bonchev–Trinajstić information content (AvgIpc) is 2.37. The van der Waals surface area contributed by atoms with E-state index in [0.717, 1.165) is 12.0 Å². The molecule has 0 aliphatic rings. The number of rotatable bonds is 4. The highest BCUT2D eigenvalue weighted by Gasteiger charge is 2.07. The number of carbonyl (C=O) groups is 1. The maximum absolute atomic E-state index is 11.6. The van der Waals surface area contributed by atoms with Gasteiger partial charge in [-0.15, -0.1) is 6.42 Å². The number of carbonyl (C=O) groups excluding carboxylic acids is 1. The molecule has 1 amide bonds. The van der Waals surface area contributed by atoms with Crippen LogP contribution in [0.2, 0.25) is 0 Å². The Balaban J connectivity index is 2.57. The fourth-order valence-electron chi connectivity index (χ4n) is 1.39. The summed E-state index contributed by atoms with van der Waals surface area (Å²) < 4.78 is 0. The summed E-state index contributed by atoms with van der Waals surface area (Å²) in [7, 11) is 0. The van der Waals surface area contributed by atoms with E-state index in [1.54, 1.807) is 24.3 Å². The van der Waals surface area contributed by atoms with Crippen LogP contribution in [0.15, 0.2) is 24.3 Å². The van der Waals surface area contributed by atoms with Crippen molar-refractivity contribution in [2.24, 2.45) is 0 Å². The Labute approximate surface area is 101 Å². The predicted molar refractivity (Wildman–Crippen MR) is 65.9 cm³/mol. The standard InChI is InChI=1S/C14H14N2O/c1-3-13(4-2)16-14(17)9-11-5-7-12(10-15)8-6-11/h1,5-8,13H,4,9H2,2H3,(H,16,17). The Morgan fingerprint density at radius 2 is 2.12 bits per heavy atom. The van der Waals surface area contributed by atoms with Crippen LogP contribution in [0.4, 0.5) is 0 Å². The van der Waals surface area contributed by atoms with E-state index in [4.69, 9.17) is 11.7 Å². The molecule has 0 saturated carbocycles. The number of nitriles is 1. The Morgan fingerprint density at radius 1 is 1.47 bits per heavy atom. The molecule has 1 aromatic rings. The van der Waals surface area contributed by atoms with Crippen LogP contribution in [0, 0.1) is 23.7 Å². The molecule has 3 heteroatoms. The average molecular weight is 226 g/mol. The summed E-state index contributed by atoms with van der Waals surface area (Å²) in [6.45, 7) is 1.92. The number of hydrogen-bond donors (Lipinski definition) is 1. The maximum atomic E-state index is 11.6. The van der Waals surface area contributed by atoms with Crippen LogP contribution < -0.4 is 5.32 Å². The lowest BCUT2D eigenvalue weighted by Crippen LogP contribution is -2.34. The van der Waals surface area contributed by atoms with Gasteiger partial charge >= 0.3 is 0 Å². The van der Waals surface area contributed by atoms with Gasteiger partial charge < -0.3 is 5.32 Å². The van der Waals surface area contributed by atoms with E-state index in [1.165, 1.54) is 0 Å². The molecule has 1 atom stereocenters. The topological polar surface area (TPSA) is 52.9 Å². The van der Waals surface area contributed by atoms with Gasteiger partial charge in [-0.3, -0.25) is 4.79 Å². The maximum Gasteiger partial charge on any atom is 0.225 e. The molecule has 0 radical (unpaired) electrons. The number of nitrogens with one attached hydrogen (secondary N) is 1. The Hall–Kier alpha value is -2.26. The van der Waals surface area contributed by atoms with Crippen LogP contribution in [0.3, 0.4) is 0 Å². The number of nitrogens with zero attached hydrogens (tertiary/aromatic N) is 1. The van der Waals surface area contributed by atoms with Crippen LogP contribution in [-0.2, 0) is 11.2 Å². The lowest BCUT2D eigenvalue weighted by molar-refractivity contribution is -0.120. The molecule has 17 heavy (non-hydrogen) atoms. The van der Waals surface area contributed by atoms with Crippen LogP contribution in [-0.4, -0.2) is 11.9 Å². The molecule has 0 aliphatic heterocycles. The van der Waals surface area contributed by atoms with Gasteiger partial charge in [-0.1, -0.05) is 25.0 Å². The predicted octanol–water partition coefficient (Wildman–Crippen LogP) is 1.63. The molecule has 86 valence electrons. The number of hydrogen-bond acceptors (Lipinski definition) is 2. The smallest absolute Gasteiger partial charge is 0.225 e. The minimum Gasteiger partial charge on any atom is -0.342 e. The first-order valence-electron chi connectivity index (χ1n) is 5.44. The fourth-order valence-corrected chi connectivity index (χ4v) is 1.39. The van der Waals surface area contributed by atoms with Crippen molar-refractivity contribution in [3.05, 3.63) is 35.4 Å². The van der Waals surface area contributed by atoms with Gasteiger partial charge in [-0.25, -0.2) is 0 Å². The van der Waals surface area contributed by atoms with E-state index in [-0.39, 0.29) is 18.4 Å². The van der Waals surface area contributed by atoms with Crippen molar-refractivity contribution in [2.75, 3.05) is 0 Å². The third kappa shape index (κ3) is 4.01. The molecular formula is C14H14N2O. The number of terminal acetylenes is 1. The largest absolute Gasteiger partial charge is 0.342 e. The molecule has 1 unspecified atom stereocenters. The normalized spacial score (nSPS) is 11.0. The molecule has 0 spiro atoms. The molecule has 0 fully saturated rings. The minimum atomic E-state index is -0.208. The van der Waals surface area contributed by atoms with Gasteiger partial charge in [0.1, 0.15) is 0 Å². The molecule has 0 heterocycles. The van der Waals surface area contributed by atoms with E-state index >= 15 is 0 Å². The summed E-state index contributed by atoms with van der Waals surface area (Å²) in [6.07, 6.45) is 6.26. The third-order valence-corrected chi connectivity index (χ3v) is 2.39. The van der Waals surface area contributed by atoms with Gasteiger partial charge in [0, 0.05) is 0 Å². The van der Waals surface area contributed by atoms with E-state index in [1.807, 2.05) is 13.0 Å². The monoisotopic (exact) mass is 226 g/mol. The highest BCUT2D eigenvalue weighted by Crippen LogP contribution is 2.04. The van der Waals surface area contributed by atoms with E-state index in [2.05, 4.69) is 11.2 Å². The van der Waals surface area contributed by atoms with Gasteiger partial charge in [0.15, 0.2) is 0 Å². The highest BCUT2D eigenvalue weighted by molar-refractivity contribution is 5.79. The first-order valence-corrected chi connectivity index (χ1v) is 5.44. The zero-order chi connectivity index (χ0) is 12.7. The molecular weight excluding hydrogens is 212 g/mol. The number of amides is 1. The van der Waals surface area contributed by atoms with Crippen molar-refractivity contribution in [3.8, 4) is 18.4 Å². The minimum absolute atomic E-state index is 0.0977. The van der Waals surface area contributed by atoms with Crippen molar-refractivity contribution < 1.29 is 4.79 Å². The van der Waals surface area contributed by atoms with Gasteiger partial charge in [0.25, 0.3) is 0 Å². The third-order valence-electron chi connectivity index (χ3n) is 2.39. The molecule has 0 saturated heterocycles. The Kier molecular flexibility index (Phi) is 4.78. The summed E-state index contributed by atoms with van der Waals surface area (Å²) in [4.78, 5) is 11.6. The Bertz CT molecular complexity index is 462. The molecule has 0 aliphatic carbocycles. The van der Waals surface area contributed by atoms with E-state index < -0.39 is 0 Å². The van der Waals surface area contributed by atoms with Gasteiger partial charge in [0.05, 0.1) is 24.1 Å². The number of benzene rings is 1. The molecule has 3 nitrogen and oxygen atoms in total. The summed E-state index contributed by atoms with van der Waals surface area (Å²) >= 11 is 0. The highest BCUT2D eigenvalue weighted by atomic mass is 16.1. The van der Waals surface area contributed by atoms with Crippen LogP contribution in [0.5, 0.6) is 0 Å². The van der Waals surface area contributed by atoms with Crippen molar-refractivity contribution in [1.82, 2.24) is 5.32 Å². The van der Waals surface area contributed by atoms with E-state index in [9.17, 15) is 4.79 Å². The van der Waals surface area contributed by atoms with E-state index in [0.29, 0.717) is 5.56 Å². The van der Waals surface area contributed by atoms with Gasteiger partial charge in [-0.05, 0) is 24.1 Å². The summed E-state index contributed by atoms with van der Waals surface area (Å²) in [5.41, 5.74) is 1.46. The van der Waals surface area contributed by atoms with Crippen molar-refractivity contribution in [1.29, 1.82) is 5.26 Å². The summed E-state index contributed by atoms with van der Waals surface area (Å²) in [5, 5.41) is 11.4. The van der Waals surface area contributed by atoms with Crippen molar-refractivity contribution >= 4 is 5.91 Å². The van der Waals surface area contributed by atoms with Crippen molar-refractivity contribution in [3.63, 3.8) is 0 Å². The SMILES string of the molecule is C#CC(CC)NC(=O)Cc1ccc(C#N)cc1. The second-order valence-corrected chi connectivity index (χ2v) is 3.68. The second kappa shape index (κ2) is 6.35. The lowest BCUT2D eigenvalue weighted by atomic mass is 10.1. The molecule has 0 bridgehead atoms. The second-order valence-electron chi connectivity index (χ2n) is 3.68.